The van der Waals surface area contributed by atoms with Gasteiger partial charge in [0.1, 0.15) is 0 Å². The first kappa shape index (κ1) is 24.9. The van der Waals surface area contributed by atoms with E-state index in [-0.39, 0.29) is 62.6 Å². The fourth-order valence-corrected chi connectivity index (χ4v) is 0. The summed E-state index contributed by atoms with van der Waals surface area (Å²) < 4.78 is 0. The molecule has 0 spiro atoms. The summed E-state index contributed by atoms with van der Waals surface area (Å²) >= 11 is 0. The van der Waals surface area contributed by atoms with E-state index in [0.717, 1.165) is 0 Å². The van der Waals surface area contributed by atoms with E-state index in [1.165, 1.54) is 6.42 Å². The summed E-state index contributed by atoms with van der Waals surface area (Å²) in [4.78, 5) is 0. The minimum atomic E-state index is 0. The monoisotopic (exact) mass is 154 g/mol. The van der Waals surface area contributed by atoms with E-state index < -0.39 is 0 Å². The second-order valence-corrected chi connectivity index (χ2v) is 0.707. The quantitative estimate of drug-likeness (QED) is 0.307. The third-order valence-corrected chi connectivity index (χ3v) is 0. The Kier molecular flexibility index (Phi) is 120. The van der Waals surface area contributed by atoms with Gasteiger partial charge in [-0.1, -0.05) is 20.3 Å². The van der Waals surface area contributed by atoms with Gasteiger partial charge in [-0.3, -0.25) is 0 Å². The van der Waals surface area contributed by atoms with Gasteiger partial charge in [0.25, 0.3) is 0 Å². The second kappa shape index (κ2) is 28.9. The van der Waals surface area contributed by atoms with Crippen molar-refractivity contribution >= 4 is 37.7 Å². The van der Waals surface area contributed by atoms with Crippen molar-refractivity contribution in [1.29, 1.82) is 0 Å². The molecule has 0 bridgehead atoms. The molecule has 3 heteroatoms. The molecule has 0 unspecified atom stereocenters. The first-order chi connectivity index (χ1) is 1.41. The Labute approximate surface area is 81.9 Å². The normalized spacial score (nSPS) is 3.00. The van der Waals surface area contributed by atoms with Gasteiger partial charge < -0.3 is 24.8 Å². The standard InChI is InChI=1S/C3H8.Ca.2ClH/c1-3-2;;;/h3H2,1-2H3;;2*1H/q;+2;;/p-2. The number of halogens is 2. The molecule has 0 aromatic heterocycles. The van der Waals surface area contributed by atoms with E-state index in [1.54, 1.807) is 0 Å². The molecular formula is C3H8CaCl2. The van der Waals surface area contributed by atoms with Crippen molar-refractivity contribution in [2.45, 2.75) is 20.3 Å². The van der Waals surface area contributed by atoms with Crippen molar-refractivity contribution in [3.8, 4) is 0 Å². The van der Waals surface area contributed by atoms with E-state index >= 15 is 0 Å². The van der Waals surface area contributed by atoms with Gasteiger partial charge >= 0.3 is 37.7 Å². The summed E-state index contributed by atoms with van der Waals surface area (Å²) in [7, 11) is 0. The van der Waals surface area contributed by atoms with E-state index in [9.17, 15) is 0 Å². The molecule has 0 rings (SSSR count). The zero-order chi connectivity index (χ0) is 2.71. The van der Waals surface area contributed by atoms with Crippen LogP contribution in [0.5, 0.6) is 0 Å². The van der Waals surface area contributed by atoms with Crippen molar-refractivity contribution in [3.63, 3.8) is 0 Å². The van der Waals surface area contributed by atoms with Gasteiger partial charge in [-0.25, -0.2) is 0 Å². The first-order valence-electron chi connectivity index (χ1n) is 1.41. The average molecular weight is 155 g/mol. The largest absolute Gasteiger partial charge is 2.00 e. The summed E-state index contributed by atoms with van der Waals surface area (Å²) in [6.07, 6.45) is 1.25. The molecule has 0 aliphatic rings. The van der Waals surface area contributed by atoms with Crippen LogP contribution >= 0.6 is 0 Å². The van der Waals surface area contributed by atoms with E-state index in [2.05, 4.69) is 13.8 Å². The van der Waals surface area contributed by atoms with Gasteiger partial charge in [0, 0.05) is 0 Å². The average Bonchev–Trinajstić information content (AvgIpc) is 0.918. The van der Waals surface area contributed by atoms with Crippen LogP contribution in [0.15, 0.2) is 0 Å². The van der Waals surface area contributed by atoms with Crippen molar-refractivity contribution < 1.29 is 24.8 Å². The van der Waals surface area contributed by atoms with Crippen molar-refractivity contribution in [3.05, 3.63) is 0 Å². The zero-order valence-electron chi connectivity index (χ0n) is 4.17. The molecule has 0 heterocycles. The summed E-state index contributed by atoms with van der Waals surface area (Å²) in [5.41, 5.74) is 0. The van der Waals surface area contributed by atoms with Crippen LogP contribution in [0.25, 0.3) is 0 Å². The van der Waals surface area contributed by atoms with Crippen molar-refractivity contribution in [1.82, 2.24) is 0 Å². The van der Waals surface area contributed by atoms with Crippen LogP contribution in [0, 0.1) is 0 Å². The maximum absolute atomic E-state index is 2.12. The predicted octanol–water partition coefficient (Wildman–Crippen LogP) is -4.96. The molecule has 0 saturated carbocycles. The van der Waals surface area contributed by atoms with Crippen LogP contribution in [0.4, 0.5) is 0 Å². The molecule has 0 fully saturated rings. The molecule has 0 saturated heterocycles. The topological polar surface area (TPSA) is 0 Å². The molecule has 0 aliphatic heterocycles. The van der Waals surface area contributed by atoms with Crippen LogP contribution in [-0.4, -0.2) is 37.7 Å². The Balaban J connectivity index is -0.00000000667. The molecule has 0 aromatic rings. The van der Waals surface area contributed by atoms with Gasteiger partial charge in [-0.15, -0.1) is 0 Å². The molecule has 0 N–H and O–H groups in total. The summed E-state index contributed by atoms with van der Waals surface area (Å²) in [5.74, 6) is 0. The Bertz CT molecular complexity index is 8.75. The fourth-order valence-electron chi connectivity index (χ4n) is 0. The Morgan fingerprint density at radius 1 is 1.00 bits per heavy atom. The Morgan fingerprint density at radius 2 is 1.00 bits per heavy atom. The van der Waals surface area contributed by atoms with Crippen LogP contribution in [0.1, 0.15) is 20.3 Å². The zero-order valence-corrected chi connectivity index (χ0v) is 7.89. The SMILES string of the molecule is CCC.[Ca+2].[Cl-].[Cl-]. The predicted molar refractivity (Wildman–Crippen MR) is 21.7 cm³/mol. The molecule has 0 radical (unpaired) electrons. The van der Waals surface area contributed by atoms with Crippen molar-refractivity contribution in [2.75, 3.05) is 0 Å². The Morgan fingerprint density at radius 3 is 1.00 bits per heavy atom. The third kappa shape index (κ3) is 40.4. The van der Waals surface area contributed by atoms with Gasteiger partial charge in [0.05, 0.1) is 0 Å². The first-order valence-corrected chi connectivity index (χ1v) is 1.41. The molecule has 0 atom stereocenters. The van der Waals surface area contributed by atoms with E-state index in [1.807, 2.05) is 0 Å². The molecule has 0 aliphatic carbocycles. The van der Waals surface area contributed by atoms with Crippen LogP contribution in [0.2, 0.25) is 0 Å². The summed E-state index contributed by atoms with van der Waals surface area (Å²) in [5, 5.41) is 0. The molecule has 36 valence electrons. The minimum absolute atomic E-state index is 0. The Hall–Kier alpha value is 1.84. The molecule has 0 aromatic carbocycles. The molecular weight excluding hydrogens is 147 g/mol. The van der Waals surface area contributed by atoms with Gasteiger partial charge in [0.15, 0.2) is 0 Å². The van der Waals surface area contributed by atoms with Crippen LogP contribution in [0.3, 0.4) is 0 Å². The smallest absolute Gasteiger partial charge is 1.00 e. The number of rotatable bonds is 0. The van der Waals surface area contributed by atoms with E-state index in [0.29, 0.717) is 0 Å². The van der Waals surface area contributed by atoms with Gasteiger partial charge in [-0.2, -0.15) is 0 Å². The maximum Gasteiger partial charge on any atom is 2.00 e. The van der Waals surface area contributed by atoms with Crippen LogP contribution < -0.4 is 24.8 Å². The van der Waals surface area contributed by atoms with Crippen molar-refractivity contribution in [2.24, 2.45) is 0 Å². The summed E-state index contributed by atoms with van der Waals surface area (Å²) in [6, 6.07) is 0. The maximum atomic E-state index is 2.12. The summed E-state index contributed by atoms with van der Waals surface area (Å²) in [6.45, 7) is 4.25. The van der Waals surface area contributed by atoms with Gasteiger partial charge in [-0.05, 0) is 0 Å². The molecule has 0 amide bonds. The third-order valence-electron chi connectivity index (χ3n) is 0. The molecule has 6 heavy (non-hydrogen) atoms. The van der Waals surface area contributed by atoms with Gasteiger partial charge in [0.2, 0.25) is 0 Å². The second-order valence-electron chi connectivity index (χ2n) is 0.707. The fraction of sp³-hybridized carbons (Fsp3) is 1.00. The minimum Gasteiger partial charge on any atom is -1.00 e. The van der Waals surface area contributed by atoms with E-state index in [4.69, 9.17) is 0 Å². The van der Waals surface area contributed by atoms with Crippen LogP contribution in [-0.2, 0) is 0 Å². The molecule has 0 nitrogen and oxygen atoms in total. The number of hydrogen-bond donors (Lipinski definition) is 0. The number of hydrogen-bond acceptors (Lipinski definition) is 0.